The van der Waals surface area contributed by atoms with Gasteiger partial charge in [-0.3, -0.25) is 26.1 Å². The highest BCUT2D eigenvalue weighted by Gasteiger charge is 2.41. The van der Waals surface area contributed by atoms with Gasteiger partial charge in [0.15, 0.2) is 0 Å². The van der Waals surface area contributed by atoms with E-state index >= 15 is 0 Å². The number of carbonyl (C=O) groups is 1. The Morgan fingerprint density at radius 2 is 1.79 bits per heavy atom. The Labute approximate surface area is 231 Å². The Bertz CT molecular complexity index is 794. The van der Waals surface area contributed by atoms with E-state index in [2.05, 4.69) is 38.8 Å². The van der Waals surface area contributed by atoms with Gasteiger partial charge in [-0.25, -0.2) is 0 Å². The molecule has 11 heteroatoms. The number of alkyl halides is 3. The predicted octanol–water partition coefficient (Wildman–Crippen LogP) is 2.41. The van der Waals surface area contributed by atoms with Gasteiger partial charge in [-0.2, -0.15) is 13.2 Å². The molecule has 5 aliphatic rings. The molecule has 0 aromatic rings. The zero-order valence-corrected chi connectivity index (χ0v) is 23.3. The predicted molar refractivity (Wildman–Crippen MR) is 144 cm³/mol. The van der Waals surface area contributed by atoms with Crippen molar-refractivity contribution in [3.8, 4) is 0 Å². The minimum Gasteiger partial charge on any atom is -0.354 e. The van der Waals surface area contributed by atoms with Crippen LogP contribution in [0.25, 0.3) is 0 Å². The van der Waals surface area contributed by atoms with Crippen molar-refractivity contribution in [2.24, 2.45) is 29.6 Å². The smallest absolute Gasteiger partial charge is 0.354 e. The van der Waals surface area contributed by atoms with Gasteiger partial charge in [0.1, 0.15) is 19.1 Å². The van der Waals surface area contributed by atoms with Gasteiger partial charge in [-0.05, 0) is 94.7 Å². The van der Waals surface area contributed by atoms with Crippen molar-refractivity contribution in [3.63, 3.8) is 0 Å². The Morgan fingerprint density at radius 1 is 0.949 bits per heavy atom. The van der Waals surface area contributed by atoms with Gasteiger partial charge in [0, 0.05) is 24.7 Å². The van der Waals surface area contributed by atoms with E-state index in [1.165, 1.54) is 32.2 Å². The second kappa shape index (κ2) is 13.3. The van der Waals surface area contributed by atoms with E-state index < -0.39 is 19.0 Å². The fraction of sp³-hybridized carbons (Fsp3) is 0.964. The first-order valence-corrected chi connectivity index (χ1v) is 15.4. The SMILES string of the molecule is CC1CCC(NC(=O)C2CCC(OCC(F)(F)F)NC2)CC1NC1NCCC(C2CNCC3CCCCC32)N1. The molecule has 2 saturated carbocycles. The van der Waals surface area contributed by atoms with Crippen LogP contribution in [0.4, 0.5) is 13.2 Å². The van der Waals surface area contributed by atoms with Crippen molar-refractivity contribution >= 4 is 5.91 Å². The minimum atomic E-state index is -4.34. The molecule has 0 spiro atoms. The number of rotatable bonds is 7. The van der Waals surface area contributed by atoms with Crippen molar-refractivity contribution in [2.75, 3.05) is 32.8 Å². The van der Waals surface area contributed by atoms with Crippen molar-refractivity contribution in [2.45, 2.75) is 108 Å². The van der Waals surface area contributed by atoms with Crippen LogP contribution < -0.4 is 31.9 Å². The lowest BCUT2D eigenvalue weighted by molar-refractivity contribution is -0.191. The molecule has 224 valence electrons. The van der Waals surface area contributed by atoms with Gasteiger partial charge in [0.2, 0.25) is 5.91 Å². The molecule has 2 aliphatic carbocycles. The van der Waals surface area contributed by atoms with Crippen LogP contribution in [0, 0.1) is 29.6 Å². The highest BCUT2D eigenvalue weighted by molar-refractivity contribution is 5.79. The monoisotopic (exact) mass is 558 g/mol. The van der Waals surface area contributed by atoms with E-state index in [1.54, 1.807) is 0 Å². The molecular weight excluding hydrogens is 509 g/mol. The average Bonchev–Trinajstić information content (AvgIpc) is 2.93. The van der Waals surface area contributed by atoms with Crippen LogP contribution in [0.15, 0.2) is 0 Å². The first-order valence-electron chi connectivity index (χ1n) is 15.4. The van der Waals surface area contributed by atoms with E-state index in [9.17, 15) is 18.0 Å². The number of fused-ring (bicyclic) bond motifs is 1. The maximum Gasteiger partial charge on any atom is 0.411 e. The number of nitrogens with one attached hydrogen (secondary N) is 6. The van der Waals surface area contributed by atoms with Crippen LogP contribution in [0.5, 0.6) is 0 Å². The number of amides is 1. The zero-order chi connectivity index (χ0) is 27.4. The van der Waals surface area contributed by atoms with Gasteiger partial charge >= 0.3 is 6.18 Å². The van der Waals surface area contributed by atoms with Crippen LogP contribution in [-0.4, -0.2) is 75.5 Å². The number of hydrogen-bond acceptors (Lipinski definition) is 7. The summed E-state index contributed by atoms with van der Waals surface area (Å²) in [4.78, 5) is 13.0. The molecule has 6 N–H and O–H groups in total. The third kappa shape index (κ3) is 8.07. The van der Waals surface area contributed by atoms with Gasteiger partial charge < -0.3 is 15.4 Å². The molecule has 0 aromatic carbocycles. The number of halogens is 3. The summed E-state index contributed by atoms with van der Waals surface area (Å²) in [6, 6.07) is 0.916. The summed E-state index contributed by atoms with van der Waals surface area (Å²) in [7, 11) is 0. The van der Waals surface area contributed by atoms with Crippen molar-refractivity contribution in [3.05, 3.63) is 0 Å². The van der Waals surface area contributed by atoms with Gasteiger partial charge in [-0.1, -0.05) is 19.8 Å². The van der Waals surface area contributed by atoms with E-state index in [1.807, 2.05) is 0 Å². The number of ether oxygens (including phenoxy) is 1. The molecule has 1 amide bonds. The van der Waals surface area contributed by atoms with E-state index in [-0.39, 0.29) is 24.2 Å². The summed E-state index contributed by atoms with van der Waals surface area (Å²) in [6.07, 6.45) is 5.56. The average molecular weight is 559 g/mol. The Kier molecular flexibility index (Phi) is 10.1. The second-order valence-corrected chi connectivity index (χ2v) is 12.8. The van der Waals surface area contributed by atoms with Gasteiger partial charge in [0.25, 0.3) is 0 Å². The van der Waals surface area contributed by atoms with E-state index in [0.29, 0.717) is 43.3 Å². The number of piperidine rings is 2. The Hall–Kier alpha value is -0.980. The third-order valence-electron chi connectivity index (χ3n) is 10.1. The Morgan fingerprint density at radius 3 is 2.59 bits per heavy atom. The molecular formula is C28H49F3N6O2. The maximum absolute atomic E-state index is 13.0. The van der Waals surface area contributed by atoms with Crippen LogP contribution in [0.2, 0.25) is 0 Å². The fourth-order valence-corrected chi connectivity index (χ4v) is 7.88. The summed E-state index contributed by atoms with van der Waals surface area (Å²) in [6.45, 7) is 4.68. The maximum atomic E-state index is 13.0. The standard InChI is InChI=1S/C28H49F3N6O2/c1-17-6-8-20(35-26(38)19-7-9-25(34-14-19)39-16-28(29,30)31)12-24(17)37-27-33-11-10-23(36-27)22-15-32-13-18-4-2-3-5-21(18)22/h17-25,27,32-34,36-37H,2-16H2,1H3,(H,35,38). The minimum absolute atomic E-state index is 0.00381. The largest absolute Gasteiger partial charge is 0.411 e. The molecule has 0 aromatic heterocycles. The first kappa shape index (κ1) is 29.5. The van der Waals surface area contributed by atoms with Crippen molar-refractivity contribution < 1.29 is 22.7 Å². The molecule has 3 saturated heterocycles. The summed E-state index contributed by atoms with van der Waals surface area (Å²) in [5.74, 6) is 2.64. The van der Waals surface area contributed by atoms with Crippen LogP contribution in [-0.2, 0) is 9.53 Å². The van der Waals surface area contributed by atoms with E-state index in [0.717, 1.165) is 50.6 Å². The summed E-state index contributed by atoms with van der Waals surface area (Å²) >= 11 is 0. The third-order valence-corrected chi connectivity index (χ3v) is 10.1. The summed E-state index contributed by atoms with van der Waals surface area (Å²) in [5, 5.41) is 21.3. The molecule has 0 bridgehead atoms. The van der Waals surface area contributed by atoms with Crippen molar-refractivity contribution in [1.29, 1.82) is 0 Å². The molecule has 10 unspecified atom stereocenters. The summed E-state index contributed by atoms with van der Waals surface area (Å²) < 4.78 is 42.1. The van der Waals surface area contributed by atoms with Crippen molar-refractivity contribution in [1.82, 2.24) is 31.9 Å². The molecule has 3 aliphatic heterocycles. The van der Waals surface area contributed by atoms with E-state index in [4.69, 9.17) is 4.74 Å². The molecule has 0 radical (unpaired) electrons. The topological polar surface area (TPSA) is 98.5 Å². The lowest BCUT2D eigenvalue weighted by Gasteiger charge is -2.48. The molecule has 39 heavy (non-hydrogen) atoms. The number of carbonyl (C=O) groups excluding carboxylic acids is 1. The van der Waals surface area contributed by atoms with Crippen LogP contribution in [0.3, 0.4) is 0 Å². The lowest BCUT2D eigenvalue weighted by atomic mass is 9.67. The zero-order valence-electron chi connectivity index (χ0n) is 23.3. The highest BCUT2D eigenvalue weighted by atomic mass is 19.4. The molecule has 8 nitrogen and oxygen atoms in total. The molecule has 3 heterocycles. The normalized spacial score (nSPS) is 41.9. The highest BCUT2D eigenvalue weighted by Crippen LogP contribution is 2.39. The van der Waals surface area contributed by atoms with Gasteiger partial charge in [0.05, 0.1) is 5.92 Å². The van der Waals surface area contributed by atoms with Crippen LogP contribution in [0.1, 0.15) is 71.1 Å². The summed E-state index contributed by atoms with van der Waals surface area (Å²) in [5.41, 5.74) is 0. The molecule has 5 fully saturated rings. The van der Waals surface area contributed by atoms with Gasteiger partial charge in [-0.15, -0.1) is 0 Å². The first-order chi connectivity index (χ1) is 18.7. The Balaban J connectivity index is 1.07. The molecule has 5 rings (SSSR count). The lowest BCUT2D eigenvalue weighted by Crippen LogP contribution is -2.67. The fourth-order valence-electron chi connectivity index (χ4n) is 7.88. The quantitative estimate of drug-likeness (QED) is 0.286. The molecule has 10 atom stereocenters. The number of hydrogen-bond donors (Lipinski definition) is 6. The second-order valence-electron chi connectivity index (χ2n) is 12.8. The van der Waals surface area contributed by atoms with Crippen LogP contribution >= 0.6 is 0 Å².